The largest absolute Gasteiger partial charge is 0.383 e. The molecule has 0 bridgehead atoms. The highest BCUT2D eigenvalue weighted by Crippen LogP contribution is 2.25. The van der Waals surface area contributed by atoms with E-state index in [1.54, 1.807) is 31.0 Å². The third-order valence-corrected chi connectivity index (χ3v) is 4.37. The molecular weight excluding hydrogens is 286 g/mol. The van der Waals surface area contributed by atoms with Gasteiger partial charge in [-0.2, -0.15) is 5.10 Å². The molecule has 114 valence electrons. The highest BCUT2D eigenvalue weighted by Gasteiger charge is 2.26. The first-order chi connectivity index (χ1) is 9.81. The lowest BCUT2D eigenvalue weighted by atomic mass is 9.99. The van der Waals surface area contributed by atoms with Gasteiger partial charge in [-0.1, -0.05) is 13.8 Å². The molecule has 2 aromatic rings. The van der Waals surface area contributed by atoms with Crippen molar-refractivity contribution >= 4 is 17.2 Å². The second-order valence-electron chi connectivity index (χ2n) is 5.72. The van der Waals surface area contributed by atoms with E-state index in [1.807, 2.05) is 11.4 Å². The third kappa shape index (κ3) is 3.51. The molecule has 0 saturated carbocycles. The summed E-state index contributed by atoms with van der Waals surface area (Å²) in [6, 6.07) is 1.98. The Morgan fingerprint density at radius 1 is 1.57 bits per heavy atom. The third-order valence-electron chi connectivity index (χ3n) is 3.44. The van der Waals surface area contributed by atoms with Gasteiger partial charge in [0.05, 0.1) is 17.6 Å². The number of rotatable bonds is 5. The molecule has 0 unspecified atom stereocenters. The lowest BCUT2D eigenvalue weighted by Gasteiger charge is -2.22. The van der Waals surface area contributed by atoms with E-state index in [1.165, 1.54) is 11.3 Å². The van der Waals surface area contributed by atoms with Gasteiger partial charge in [0.15, 0.2) is 0 Å². The molecule has 1 atom stereocenters. The number of nitrogens with one attached hydrogen (secondary N) is 1. The number of carbonyl (C=O) groups excluding carboxylic acids is 1. The predicted octanol–water partition coefficient (Wildman–Crippen LogP) is 2.24. The van der Waals surface area contributed by atoms with Crippen LogP contribution in [0.4, 0.5) is 0 Å². The van der Waals surface area contributed by atoms with Crippen LogP contribution in [0.15, 0.2) is 23.8 Å². The molecule has 2 N–H and O–H groups in total. The average molecular weight is 307 g/mol. The van der Waals surface area contributed by atoms with Gasteiger partial charge in [0.1, 0.15) is 5.60 Å². The van der Waals surface area contributed by atoms with Crippen LogP contribution in [0.2, 0.25) is 0 Å². The van der Waals surface area contributed by atoms with Crippen LogP contribution in [0.3, 0.4) is 0 Å². The minimum absolute atomic E-state index is 0.141. The number of amides is 1. The zero-order valence-electron chi connectivity index (χ0n) is 12.8. The standard InChI is InChI=1S/C15H21N3O2S/c1-10(2)12-5-6-21-13(12)14(19)16-9-15(3,20)11-7-17-18(4)8-11/h5-8,10,20H,9H2,1-4H3,(H,16,19)/t15-/m0/s1. The fraction of sp³-hybridized carbons (Fsp3) is 0.467. The Kier molecular flexibility index (Phi) is 4.49. The van der Waals surface area contributed by atoms with Crippen molar-refractivity contribution in [3.8, 4) is 0 Å². The molecule has 1 amide bonds. The monoisotopic (exact) mass is 307 g/mol. The number of aliphatic hydroxyl groups is 1. The van der Waals surface area contributed by atoms with Crippen molar-refractivity contribution in [1.82, 2.24) is 15.1 Å². The van der Waals surface area contributed by atoms with Crippen LogP contribution in [0.25, 0.3) is 0 Å². The number of aromatic nitrogens is 2. The number of hydrogen-bond donors (Lipinski definition) is 2. The number of nitrogens with zero attached hydrogens (tertiary/aromatic N) is 2. The van der Waals surface area contributed by atoms with Gasteiger partial charge in [-0.25, -0.2) is 0 Å². The van der Waals surface area contributed by atoms with E-state index in [0.717, 1.165) is 5.56 Å². The van der Waals surface area contributed by atoms with E-state index in [0.29, 0.717) is 16.4 Å². The quantitative estimate of drug-likeness (QED) is 0.890. The van der Waals surface area contributed by atoms with Gasteiger partial charge < -0.3 is 10.4 Å². The first-order valence-corrected chi connectivity index (χ1v) is 7.76. The number of hydrogen-bond acceptors (Lipinski definition) is 4. The second-order valence-corrected chi connectivity index (χ2v) is 6.64. The van der Waals surface area contributed by atoms with Crippen molar-refractivity contribution in [1.29, 1.82) is 0 Å². The summed E-state index contributed by atoms with van der Waals surface area (Å²) < 4.78 is 1.63. The van der Waals surface area contributed by atoms with Gasteiger partial charge in [0.25, 0.3) is 5.91 Å². The lowest BCUT2D eigenvalue weighted by molar-refractivity contribution is 0.0526. The molecule has 0 aliphatic rings. The molecule has 6 heteroatoms. The van der Waals surface area contributed by atoms with Crippen LogP contribution >= 0.6 is 11.3 Å². The molecule has 21 heavy (non-hydrogen) atoms. The Labute approximate surface area is 128 Å². The summed E-state index contributed by atoms with van der Waals surface area (Å²) in [5.74, 6) is 0.161. The van der Waals surface area contributed by atoms with E-state index in [4.69, 9.17) is 0 Å². The van der Waals surface area contributed by atoms with Gasteiger partial charge in [-0.15, -0.1) is 11.3 Å². The highest BCUT2D eigenvalue weighted by atomic mass is 32.1. The molecule has 0 saturated heterocycles. The molecule has 0 fully saturated rings. The smallest absolute Gasteiger partial charge is 0.261 e. The summed E-state index contributed by atoms with van der Waals surface area (Å²) >= 11 is 1.43. The first-order valence-electron chi connectivity index (χ1n) is 6.88. The Bertz CT molecular complexity index is 628. The fourth-order valence-corrected chi connectivity index (χ4v) is 3.06. The normalized spacial score (nSPS) is 14.2. The van der Waals surface area contributed by atoms with Gasteiger partial charge in [-0.3, -0.25) is 9.48 Å². The predicted molar refractivity (Wildman–Crippen MR) is 83.5 cm³/mol. The summed E-state index contributed by atoms with van der Waals surface area (Å²) in [4.78, 5) is 13.0. The Balaban J connectivity index is 2.05. The van der Waals surface area contributed by atoms with Crippen LogP contribution in [0, 0.1) is 0 Å². The summed E-state index contributed by atoms with van der Waals surface area (Å²) in [7, 11) is 1.79. The Morgan fingerprint density at radius 2 is 2.29 bits per heavy atom. The van der Waals surface area contributed by atoms with Crippen LogP contribution in [-0.2, 0) is 12.6 Å². The topological polar surface area (TPSA) is 67.2 Å². The maximum atomic E-state index is 12.3. The molecule has 2 heterocycles. The van der Waals surface area contributed by atoms with Gasteiger partial charge >= 0.3 is 0 Å². The van der Waals surface area contributed by atoms with E-state index in [2.05, 4.69) is 24.3 Å². The van der Waals surface area contributed by atoms with Crippen LogP contribution < -0.4 is 5.32 Å². The van der Waals surface area contributed by atoms with Crippen LogP contribution in [-0.4, -0.2) is 27.3 Å². The Hall–Kier alpha value is -1.66. The summed E-state index contributed by atoms with van der Waals surface area (Å²) in [6.07, 6.45) is 3.35. The number of thiophene rings is 1. The molecule has 0 aliphatic carbocycles. The summed E-state index contributed by atoms with van der Waals surface area (Å²) in [5.41, 5.74) is 0.582. The van der Waals surface area contributed by atoms with E-state index in [-0.39, 0.29) is 12.5 Å². The lowest BCUT2D eigenvalue weighted by Crippen LogP contribution is -2.38. The van der Waals surface area contributed by atoms with Crippen molar-refractivity contribution in [2.45, 2.75) is 32.3 Å². The van der Waals surface area contributed by atoms with Gasteiger partial charge in [0.2, 0.25) is 0 Å². The molecule has 0 radical (unpaired) electrons. The van der Waals surface area contributed by atoms with E-state index < -0.39 is 5.60 Å². The van der Waals surface area contributed by atoms with Crippen molar-refractivity contribution in [3.63, 3.8) is 0 Å². The zero-order chi connectivity index (χ0) is 15.6. The number of carbonyl (C=O) groups is 1. The highest BCUT2D eigenvalue weighted by molar-refractivity contribution is 7.12. The SMILES string of the molecule is CC(C)c1ccsc1C(=O)NC[C@](C)(O)c1cnn(C)c1. The minimum atomic E-state index is -1.14. The first kappa shape index (κ1) is 15.7. The zero-order valence-corrected chi connectivity index (χ0v) is 13.6. The van der Waals surface area contributed by atoms with Crippen molar-refractivity contribution < 1.29 is 9.90 Å². The Morgan fingerprint density at radius 3 is 2.86 bits per heavy atom. The molecule has 2 aromatic heterocycles. The van der Waals surface area contributed by atoms with Gasteiger partial charge in [-0.05, 0) is 29.9 Å². The fourth-order valence-electron chi connectivity index (χ4n) is 2.09. The molecular formula is C15H21N3O2S. The average Bonchev–Trinajstić information content (AvgIpc) is 3.04. The van der Waals surface area contributed by atoms with Gasteiger partial charge in [0, 0.05) is 18.8 Å². The molecule has 0 spiro atoms. The maximum absolute atomic E-state index is 12.3. The maximum Gasteiger partial charge on any atom is 0.261 e. The summed E-state index contributed by atoms with van der Waals surface area (Å²) in [6.45, 7) is 5.93. The van der Waals surface area contributed by atoms with Crippen molar-refractivity contribution in [2.24, 2.45) is 7.05 Å². The second kappa shape index (κ2) is 5.99. The van der Waals surface area contributed by atoms with Crippen molar-refractivity contribution in [3.05, 3.63) is 39.8 Å². The molecule has 0 aromatic carbocycles. The van der Waals surface area contributed by atoms with E-state index >= 15 is 0 Å². The minimum Gasteiger partial charge on any atom is -0.383 e. The molecule has 2 rings (SSSR count). The molecule has 5 nitrogen and oxygen atoms in total. The summed E-state index contributed by atoms with van der Waals surface area (Å²) in [5, 5.41) is 19.2. The van der Waals surface area contributed by atoms with Crippen LogP contribution in [0.5, 0.6) is 0 Å². The van der Waals surface area contributed by atoms with Crippen LogP contribution in [0.1, 0.15) is 47.5 Å². The van der Waals surface area contributed by atoms with Crippen molar-refractivity contribution in [2.75, 3.05) is 6.54 Å². The molecule has 0 aliphatic heterocycles. The number of aryl methyl sites for hydroxylation is 1. The van der Waals surface area contributed by atoms with E-state index in [9.17, 15) is 9.90 Å².